The number of aromatic nitrogens is 1. The average Bonchev–Trinajstić information content (AvgIpc) is 2.82. The molecule has 96 valence electrons. The van der Waals surface area contributed by atoms with Gasteiger partial charge in [0.15, 0.2) is 0 Å². The number of pyridine rings is 1. The first-order chi connectivity index (χ1) is 8.75. The van der Waals surface area contributed by atoms with Crippen molar-refractivity contribution in [2.45, 2.75) is 38.1 Å². The fourth-order valence-corrected chi connectivity index (χ4v) is 3.36. The molecule has 2 fully saturated rings. The fourth-order valence-electron chi connectivity index (χ4n) is 3.36. The second-order valence-electron chi connectivity index (χ2n) is 5.27. The molecule has 0 spiro atoms. The molecule has 2 unspecified atom stereocenters. The van der Waals surface area contributed by atoms with Gasteiger partial charge >= 0.3 is 0 Å². The van der Waals surface area contributed by atoms with Crippen molar-refractivity contribution in [3.8, 4) is 0 Å². The quantitative estimate of drug-likeness (QED) is 0.716. The summed E-state index contributed by atoms with van der Waals surface area (Å²) in [6.45, 7) is 0.818. The van der Waals surface area contributed by atoms with Gasteiger partial charge in [-0.15, -0.1) is 0 Å². The van der Waals surface area contributed by atoms with Crippen LogP contribution in [-0.2, 0) is 0 Å². The largest absolute Gasteiger partial charge is 0.335 e. The van der Waals surface area contributed by atoms with Gasteiger partial charge in [-0.25, -0.2) is 4.98 Å². The van der Waals surface area contributed by atoms with Crippen LogP contribution in [0.15, 0.2) is 18.3 Å². The number of amides is 1. The molecular formula is C14H17FN2O. The van der Waals surface area contributed by atoms with Crippen molar-refractivity contribution in [2.24, 2.45) is 5.92 Å². The third-order valence-electron chi connectivity index (χ3n) is 4.24. The second kappa shape index (κ2) is 4.67. The van der Waals surface area contributed by atoms with Gasteiger partial charge in [0, 0.05) is 30.4 Å². The van der Waals surface area contributed by atoms with Crippen molar-refractivity contribution in [3.63, 3.8) is 0 Å². The zero-order chi connectivity index (χ0) is 12.5. The number of carbonyl (C=O) groups is 1. The Morgan fingerprint density at radius 2 is 2.17 bits per heavy atom. The normalized spacial score (nSPS) is 27.1. The molecule has 0 aromatic carbocycles. The Kier molecular flexibility index (Phi) is 3.02. The number of hydrogen-bond donors (Lipinski definition) is 0. The van der Waals surface area contributed by atoms with Crippen molar-refractivity contribution in [3.05, 3.63) is 29.8 Å². The van der Waals surface area contributed by atoms with Gasteiger partial charge in [-0.3, -0.25) is 4.79 Å². The molecule has 0 N–H and O–H groups in total. The van der Waals surface area contributed by atoms with Crippen molar-refractivity contribution >= 4 is 5.91 Å². The van der Waals surface area contributed by atoms with Crippen LogP contribution >= 0.6 is 0 Å². The Morgan fingerprint density at radius 1 is 1.33 bits per heavy atom. The van der Waals surface area contributed by atoms with E-state index in [0.717, 1.165) is 19.4 Å². The molecule has 1 saturated carbocycles. The van der Waals surface area contributed by atoms with Crippen LogP contribution in [0.1, 0.15) is 42.5 Å². The van der Waals surface area contributed by atoms with Gasteiger partial charge in [0.25, 0.3) is 5.91 Å². The summed E-state index contributed by atoms with van der Waals surface area (Å²) >= 11 is 0. The number of rotatable bonds is 1. The molecule has 2 aliphatic rings. The highest BCUT2D eigenvalue weighted by Gasteiger charge is 2.38. The Morgan fingerprint density at radius 3 is 3.00 bits per heavy atom. The maximum absolute atomic E-state index is 13.1. The fraction of sp³-hybridized carbons (Fsp3) is 0.571. The summed E-state index contributed by atoms with van der Waals surface area (Å²) in [6, 6.07) is 3.21. The van der Waals surface area contributed by atoms with Crippen LogP contribution in [0.25, 0.3) is 0 Å². The Hall–Kier alpha value is -1.45. The molecule has 1 aliphatic heterocycles. The first-order valence-corrected chi connectivity index (χ1v) is 6.68. The number of likely N-dealkylation sites (tertiary alicyclic amines) is 1. The van der Waals surface area contributed by atoms with Gasteiger partial charge in [-0.05, 0) is 31.2 Å². The van der Waals surface area contributed by atoms with E-state index in [1.807, 2.05) is 4.90 Å². The number of carbonyl (C=O) groups excluding carboxylic acids is 1. The van der Waals surface area contributed by atoms with Crippen LogP contribution in [-0.4, -0.2) is 28.4 Å². The van der Waals surface area contributed by atoms with E-state index in [2.05, 4.69) is 4.98 Å². The highest BCUT2D eigenvalue weighted by Crippen LogP contribution is 2.36. The summed E-state index contributed by atoms with van der Waals surface area (Å²) in [7, 11) is 0. The highest BCUT2D eigenvalue weighted by molar-refractivity contribution is 5.94. The first-order valence-electron chi connectivity index (χ1n) is 6.68. The van der Waals surface area contributed by atoms with Crippen LogP contribution in [0.5, 0.6) is 0 Å². The number of hydrogen-bond acceptors (Lipinski definition) is 2. The molecule has 4 heteroatoms. The summed E-state index contributed by atoms with van der Waals surface area (Å²) in [5, 5.41) is 0. The van der Waals surface area contributed by atoms with E-state index in [-0.39, 0.29) is 5.91 Å². The monoisotopic (exact) mass is 248 g/mol. The third kappa shape index (κ3) is 2.00. The van der Waals surface area contributed by atoms with Gasteiger partial charge in [0.05, 0.1) is 0 Å². The SMILES string of the molecule is O=C(c1ccnc(F)c1)N1CCC2CCCCC21. The van der Waals surface area contributed by atoms with Gasteiger partial charge in [-0.2, -0.15) is 4.39 Å². The molecule has 0 bridgehead atoms. The molecule has 0 radical (unpaired) electrons. The second-order valence-corrected chi connectivity index (χ2v) is 5.27. The molecule has 3 rings (SSSR count). The summed E-state index contributed by atoms with van der Waals surface area (Å²) < 4.78 is 13.1. The minimum atomic E-state index is -0.583. The van der Waals surface area contributed by atoms with Crippen molar-refractivity contribution in [2.75, 3.05) is 6.54 Å². The lowest BCUT2D eigenvalue weighted by atomic mass is 9.85. The smallest absolute Gasteiger partial charge is 0.254 e. The standard InChI is InChI=1S/C14H17FN2O/c15-13-9-11(5-7-16-13)14(18)17-8-6-10-3-1-2-4-12(10)17/h5,7,9-10,12H,1-4,6,8H2. The van der Waals surface area contributed by atoms with Crippen LogP contribution < -0.4 is 0 Å². The minimum absolute atomic E-state index is 0.0364. The predicted octanol–water partition coefficient (Wildman–Crippen LogP) is 2.63. The summed E-state index contributed by atoms with van der Waals surface area (Å²) in [5.41, 5.74) is 0.425. The number of fused-ring (bicyclic) bond motifs is 1. The summed E-state index contributed by atoms with van der Waals surface area (Å²) in [6.07, 6.45) is 7.28. The molecular weight excluding hydrogens is 231 g/mol. The lowest BCUT2D eigenvalue weighted by Crippen LogP contribution is -2.39. The van der Waals surface area contributed by atoms with E-state index in [1.165, 1.54) is 31.5 Å². The number of halogens is 1. The molecule has 2 heterocycles. The molecule has 1 amide bonds. The van der Waals surface area contributed by atoms with E-state index in [0.29, 0.717) is 17.5 Å². The summed E-state index contributed by atoms with van der Waals surface area (Å²) in [5.74, 6) is 0.0420. The van der Waals surface area contributed by atoms with E-state index in [1.54, 1.807) is 6.07 Å². The lowest BCUT2D eigenvalue weighted by Gasteiger charge is -2.31. The molecule has 3 nitrogen and oxygen atoms in total. The van der Waals surface area contributed by atoms with E-state index in [4.69, 9.17) is 0 Å². The van der Waals surface area contributed by atoms with E-state index in [9.17, 15) is 9.18 Å². The maximum atomic E-state index is 13.1. The molecule has 2 atom stereocenters. The van der Waals surface area contributed by atoms with Crippen molar-refractivity contribution < 1.29 is 9.18 Å². The van der Waals surface area contributed by atoms with Gasteiger partial charge in [0.2, 0.25) is 5.95 Å². The van der Waals surface area contributed by atoms with Crippen LogP contribution in [0, 0.1) is 11.9 Å². The van der Waals surface area contributed by atoms with Crippen molar-refractivity contribution in [1.29, 1.82) is 0 Å². The molecule has 1 aliphatic carbocycles. The maximum Gasteiger partial charge on any atom is 0.254 e. The van der Waals surface area contributed by atoms with Crippen LogP contribution in [0.2, 0.25) is 0 Å². The Labute approximate surface area is 106 Å². The topological polar surface area (TPSA) is 33.2 Å². The minimum Gasteiger partial charge on any atom is -0.335 e. The molecule has 1 aromatic rings. The zero-order valence-corrected chi connectivity index (χ0v) is 10.3. The molecule has 18 heavy (non-hydrogen) atoms. The number of nitrogens with zero attached hydrogens (tertiary/aromatic N) is 2. The summed E-state index contributed by atoms with van der Waals surface area (Å²) in [4.78, 5) is 17.8. The van der Waals surface area contributed by atoms with Crippen molar-refractivity contribution in [1.82, 2.24) is 9.88 Å². The van der Waals surface area contributed by atoms with Gasteiger partial charge in [-0.1, -0.05) is 12.8 Å². The molecule has 1 saturated heterocycles. The Balaban J connectivity index is 1.80. The predicted molar refractivity (Wildman–Crippen MR) is 65.6 cm³/mol. The van der Waals surface area contributed by atoms with E-state index < -0.39 is 5.95 Å². The zero-order valence-electron chi connectivity index (χ0n) is 10.3. The van der Waals surface area contributed by atoms with Crippen LogP contribution in [0.3, 0.4) is 0 Å². The molecule has 1 aromatic heterocycles. The highest BCUT2D eigenvalue weighted by atomic mass is 19.1. The first kappa shape index (κ1) is 11.6. The van der Waals surface area contributed by atoms with Crippen LogP contribution in [0.4, 0.5) is 4.39 Å². The average molecular weight is 248 g/mol. The lowest BCUT2D eigenvalue weighted by molar-refractivity contribution is 0.0689. The Bertz CT molecular complexity index is 463. The third-order valence-corrected chi connectivity index (χ3v) is 4.24. The van der Waals surface area contributed by atoms with Gasteiger partial charge < -0.3 is 4.90 Å². The van der Waals surface area contributed by atoms with Gasteiger partial charge in [0.1, 0.15) is 0 Å². The van der Waals surface area contributed by atoms with E-state index >= 15 is 0 Å².